The van der Waals surface area contributed by atoms with Crippen molar-refractivity contribution >= 4 is 32.7 Å². The number of aryl methyl sites for hydroxylation is 1. The van der Waals surface area contributed by atoms with Crippen LogP contribution < -0.4 is 5.32 Å². The van der Waals surface area contributed by atoms with Crippen molar-refractivity contribution < 1.29 is 8.42 Å². The van der Waals surface area contributed by atoms with E-state index in [0.29, 0.717) is 36.3 Å². The third-order valence-corrected chi connectivity index (χ3v) is 7.15. The number of aromatic nitrogens is 4. The highest BCUT2D eigenvalue weighted by Gasteiger charge is 2.28. The molecule has 0 radical (unpaired) electrons. The number of anilines is 1. The highest BCUT2D eigenvalue weighted by atomic mass is 32.2. The molecule has 0 amide bonds. The number of piperidine rings is 1. The summed E-state index contributed by atoms with van der Waals surface area (Å²) in [6, 6.07) is 2.09. The second-order valence-corrected chi connectivity index (χ2v) is 10.1. The van der Waals surface area contributed by atoms with Crippen LogP contribution in [0.1, 0.15) is 25.3 Å². The van der Waals surface area contributed by atoms with Gasteiger partial charge in [0.2, 0.25) is 21.7 Å². The first-order chi connectivity index (χ1) is 14.8. The van der Waals surface area contributed by atoms with E-state index < -0.39 is 10.0 Å². The van der Waals surface area contributed by atoms with Gasteiger partial charge in [0.05, 0.1) is 18.5 Å². The molecule has 3 aromatic rings. The molecule has 1 atom stereocenters. The molecule has 0 bridgehead atoms. The first-order valence-electron chi connectivity index (χ1n) is 10.2. The average molecular weight is 440 g/mol. The zero-order chi connectivity index (χ0) is 22.2. The average Bonchev–Trinajstić information content (AvgIpc) is 3.16. The van der Waals surface area contributed by atoms with Crippen LogP contribution in [0.25, 0.3) is 27.1 Å². The predicted octanol–water partition coefficient (Wildman–Crippen LogP) is 3.35. The van der Waals surface area contributed by atoms with E-state index in [2.05, 4.69) is 37.0 Å². The summed E-state index contributed by atoms with van der Waals surface area (Å²) in [4.78, 5) is 20.1. The summed E-state index contributed by atoms with van der Waals surface area (Å²) in [5.74, 6) is 0.765. The standard InChI is InChI=1S/C21H25N7O2S/c1-13-9-16-17(11-24-20(16)23-10-13)19-18(22-3)12-25-21(27-19)26-14(2)15-5-7-28(8-6-15)31(4,29)30/h9-12,14-15H,5-8H2,1-2,4H3,(H,23,24)(H,25,26,27). The Labute approximate surface area is 181 Å². The van der Waals surface area contributed by atoms with E-state index in [1.165, 1.54) is 10.6 Å². The van der Waals surface area contributed by atoms with Gasteiger partial charge in [-0.2, -0.15) is 0 Å². The quantitative estimate of drug-likeness (QED) is 0.590. The molecule has 31 heavy (non-hydrogen) atoms. The molecule has 162 valence electrons. The number of H-pyrrole nitrogens is 1. The molecule has 3 aromatic heterocycles. The van der Waals surface area contributed by atoms with Gasteiger partial charge in [0.25, 0.3) is 0 Å². The fourth-order valence-electron chi connectivity index (χ4n) is 4.06. The molecule has 10 heteroatoms. The zero-order valence-corrected chi connectivity index (χ0v) is 18.6. The molecular weight excluding hydrogens is 414 g/mol. The van der Waals surface area contributed by atoms with Gasteiger partial charge in [-0.15, -0.1) is 0 Å². The summed E-state index contributed by atoms with van der Waals surface area (Å²) >= 11 is 0. The van der Waals surface area contributed by atoms with E-state index >= 15 is 0 Å². The first kappa shape index (κ1) is 21.2. The highest BCUT2D eigenvalue weighted by Crippen LogP contribution is 2.34. The summed E-state index contributed by atoms with van der Waals surface area (Å²) in [6.45, 7) is 12.6. The third kappa shape index (κ3) is 4.38. The smallest absolute Gasteiger partial charge is 0.231 e. The van der Waals surface area contributed by atoms with Crippen molar-refractivity contribution in [3.63, 3.8) is 0 Å². The monoisotopic (exact) mass is 439 g/mol. The van der Waals surface area contributed by atoms with Crippen LogP contribution in [0.3, 0.4) is 0 Å². The lowest BCUT2D eigenvalue weighted by molar-refractivity contribution is 0.258. The molecule has 1 aliphatic rings. The van der Waals surface area contributed by atoms with Gasteiger partial charge in [0.1, 0.15) is 5.65 Å². The van der Waals surface area contributed by atoms with Gasteiger partial charge in [-0.1, -0.05) is 0 Å². The SMILES string of the molecule is [C-]#[N+]c1cnc(NC(C)C2CCN(S(C)(=O)=O)CC2)nc1-c1c[nH]c2ncc(C)cc12. The minimum absolute atomic E-state index is 0.0697. The van der Waals surface area contributed by atoms with Crippen molar-refractivity contribution in [1.29, 1.82) is 0 Å². The number of nitrogens with one attached hydrogen (secondary N) is 2. The summed E-state index contributed by atoms with van der Waals surface area (Å²) < 4.78 is 25.0. The topological polar surface area (TPSA) is 108 Å². The second kappa shape index (κ2) is 8.24. The van der Waals surface area contributed by atoms with E-state index in [1.807, 2.05) is 19.2 Å². The second-order valence-electron chi connectivity index (χ2n) is 8.08. The van der Waals surface area contributed by atoms with Crippen LogP contribution in [-0.2, 0) is 10.0 Å². The summed E-state index contributed by atoms with van der Waals surface area (Å²) in [5, 5.41) is 4.27. The van der Waals surface area contributed by atoms with E-state index in [1.54, 1.807) is 12.4 Å². The third-order valence-electron chi connectivity index (χ3n) is 5.84. The molecule has 9 nitrogen and oxygen atoms in total. The molecule has 1 saturated heterocycles. The molecule has 1 fully saturated rings. The van der Waals surface area contributed by atoms with Crippen molar-refractivity contribution in [3.05, 3.63) is 41.6 Å². The van der Waals surface area contributed by atoms with E-state index in [0.717, 1.165) is 35.0 Å². The fraction of sp³-hybridized carbons (Fsp3) is 0.429. The van der Waals surface area contributed by atoms with Crippen LogP contribution >= 0.6 is 0 Å². The normalized spacial score (nSPS) is 16.8. The van der Waals surface area contributed by atoms with Gasteiger partial charge < -0.3 is 10.3 Å². The summed E-state index contributed by atoms with van der Waals surface area (Å²) in [7, 11) is -3.14. The molecule has 4 heterocycles. The number of hydrogen-bond donors (Lipinski definition) is 2. The van der Waals surface area contributed by atoms with Gasteiger partial charge in [0.15, 0.2) is 0 Å². The minimum atomic E-state index is -3.14. The molecule has 0 aromatic carbocycles. The van der Waals surface area contributed by atoms with E-state index in [9.17, 15) is 8.42 Å². The Hall–Kier alpha value is -3.03. The Balaban J connectivity index is 1.57. The van der Waals surface area contributed by atoms with Crippen molar-refractivity contribution in [2.24, 2.45) is 5.92 Å². The van der Waals surface area contributed by atoms with Gasteiger partial charge in [0, 0.05) is 48.7 Å². The number of pyridine rings is 1. The Morgan fingerprint density at radius 1 is 1.29 bits per heavy atom. The first-order valence-corrected chi connectivity index (χ1v) is 12.0. The molecule has 0 spiro atoms. The maximum Gasteiger partial charge on any atom is 0.231 e. The molecule has 1 aliphatic heterocycles. The maximum absolute atomic E-state index is 11.7. The Bertz CT molecular complexity index is 1250. The van der Waals surface area contributed by atoms with Crippen molar-refractivity contribution in [3.8, 4) is 11.3 Å². The van der Waals surface area contributed by atoms with Crippen molar-refractivity contribution in [1.82, 2.24) is 24.2 Å². The van der Waals surface area contributed by atoms with Gasteiger partial charge >= 0.3 is 0 Å². The molecule has 0 saturated carbocycles. The Morgan fingerprint density at radius 3 is 2.71 bits per heavy atom. The lowest BCUT2D eigenvalue weighted by Gasteiger charge is -2.33. The Kier molecular flexibility index (Phi) is 5.64. The number of fused-ring (bicyclic) bond motifs is 1. The molecule has 0 aliphatic carbocycles. The highest BCUT2D eigenvalue weighted by molar-refractivity contribution is 7.88. The molecule has 1 unspecified atom stereocenters. The fourth-order valence-corrected chi connectivity index (χ4v) is 4.93. The number of sulfonamides is 1. The van der Waals surface area contributed by atoms with Gasteiger partial charge in [-0.05, 0) is 44.2 Å². The Morgan fingerprint density at radius 2 is 2.03 bits per heavy atom. The van der Waals surface area contributed by atoms with E-state index in [4.69, 9.17) is 6.57 Å². The molecule has 2 N–H and O–H groups in total. The van der Waals surface area contributed by atoms with Crippen molar-refractivity contribution in [2.45, 2.75) is 32.7 Å². The van der Waals surface area contributed by atoms with Crippen LogP contribution in [0.2, 0.25) is 0 Å². The lowest BCUT2D eigenvalue weighted by atomic mass is 9.91. The van der Waals surface area contributed by atoms with E-state index in [-0.39, 0.29) is 6.04 Å². The number of nitrogens with zero attached hydrogens (tertiary/aromatic N) is 5. The summed E-state index contributed by atoms with van der Waals surface area (Å²) in [6.07, 6.45) is 7.97. The minimum Gasteiger partial charge on any atom is -0.352 e. The van der Waals surface area contributed by atoms with Crippen molar-refractivity contribution in [2.75, 3.05) is 24.7 Å². The van der Waals surface area contributed by atoms with Crippen LogP contribution in [-0.4, -0.2) is 58.0 Å². The predicted molar refractivity (Wildman–Crippen MR) is 120 cm³/mol. The van der Waals surface area contributed by atoms with Crippen LogP contribution in [0, 0.1) is 19.4 Å². The molecule has 4 rings (SSSR count). The lowest BCUT2D eigenvalue weighted by Crippen LogP contribution is -2.41. The molecular formula is C21H25N7O2S. The maximum atomic E-state index is 11.7. The van der Waals surface area contributed by atoms with Gasteiger partial charge in [-0.3, -0.25) is 0 Å². The van der Waals surface area contributed by atoms with Gasteiger partial charge in [-0.25, -0.2) is 32.5 Å². The van der Waals surface area contributed by atoms with Crippen LogP contribution in [0.15, 0.2) is 24.7 Å². The zero-order valence-electron chi connectivity index (χ0n) is 17.8. The number of hydrogen-bond acceptors (Lipinski definition) is 6. The number of aromatic amines is 1. The number of rotatable bonds is 5. The summed E-state index contributed by atoms with van der Waals surface area (Å²) in [5.41, 5.74) is 3.53. The largest absolute Gasteiger partial charge is 0.352 e. The van der Waals surface area contributed by atoms with Crippen LogP contribution in [0.5, 0.6) is 0 Å². The van der Waals surface area contributed by atoms with Crippen LogP contribution in [0.4, 0.5) is 11.6 Å².